The van der Waals surface area contributed by atoms with E-state index in [1.54, 1.807) is 0 Å². The minimum absolute atomic E-state index is 0.0323. The molecule has 0 saturated heterocycles. The summed E-state index contributed by atoms with van der Waals surface area (Å²) >= 11 is 3.62. The Bertz CT molecular complexity index is 628. The van der Waals surface area contributed by atoms with Crippen LogP contribution in [0.2, 0.25) is 0 Å². The van der Waals surface area contributed by atoms with Gasteiger partial charge in [-0.15, -0.1) is 0 Å². The molecule has 0 aliphatic rings. The molecule has 21 heavy (non-hydrogen) atoms. The number of nitrogens with one attached hydrogen (secondary N) is 1. The molecule has 0 saturated carbocycles. The maximum absolute atomic E-state index is 4.77. The van der Waals surface area contributed by atoms with Gasteiger partial charge in [0, 0.05) is 18.9 Å². The lowest BCUT2D eigenvalue weighted by Crippen LogP contribution is -2.18. The van der Waals surface area contributed by atoms with Crippen molar-refractivity contribution in [2.24, 2.45) is 0 Å². The van der Waals surface area contributed by atoms with Gasteiger partial charge in [0.05, 0.1) is 10.2 Å². The van der Waals surface area contributed by atoms with Crippen LogP contribution < -0.4 is 5.32 Å². The number of hydrogen-bond donors (Lipinski definition) is 1. The lowest BCUT2D eigenvalue weighted by Gasteiger charge is -2.21. The predicted octanol–water partition coefficient (Wildman–Crippen LogP) is 4.48. The van der Waals surface area contributed by atoms with E-state index in [-0.39, 0.29) is 5.41 Å². The first-order valence-corrected chi connectivity index (χ1v) is 7.90. The summed E-state index contributed by atoms with van der Waals surface area (Å²) in [5.41, 5.74) is 3.49. The molecular weight excluding hydrogens is 326 g/mol. The SMILES string of the molecule is CNc1nc(Cc2ccc(C)cc2)nc(C(C)(C)C)c1Br. The second-order valence-corrected chi connectivity index (χ2v) is 7.11. The monoisotopic (exact) mass is 347 g/mol. The summed E-state index contributed by atoms with van der Waals surface area (Å²) in [6, 6.07) is 8.52. The average molecular weight is 348 g/mol. The zero-order chi connectivity index (χ0) is 15.6. The Morgan fingerprint density at radius 1 is 1.10 bits per heavy atom. The normalized spacial score (nSPS) is 11.5. The molecule has 2 aromatic rings. The highest BCUT2D eigenvalue weighted by Crippen LogP contribution is 2.32. The van der Waals surface area contributed by atoms with Crippen LogP contribution in [0.5, 0.6) is 0 Å². The summed E-state index contributed by atoms with van der Waals surface area (Å²) in [7, 11) is 1.88. The quantitative estimate of drug-likeness (QED) is 0.889. The van der Waals surface area contributed by atoms with Gasteiger partial charge in [-0.25, -0.2) is 9.97 Å². The molecule has 0 atom stereocenters. The molecule has 3 nitrogen and oxygen atoms in total. The van der Waals surface area contributed by atoms with Crippen molar-refractivity contribution in [3.8, 4) is 0 Å². The van der Waals surface area contributed by atoms with Gasteiger partial charge in [-0.3, -0.25) is 0 Å². The van der Waals surface area contributed by atoms with Gasteiger partial charge in [0.1, 0.15) is 11.6 Å². The standard InChI is InChI=1S/C17H22BrN3/c1-11-6-8-12(9-7-11)10-13-20-15(17(2,3)4)14(18)16(19-5)21-13/h6-9H,10H2,1-5H3,(H,19,20,21). The minimum atomic E-state index is -0.0323. The van der Waals surface area contributed by atoms with Gasteiger partial charge < -0.3 is 5.32 Å². The van der Waals surface area contributed by atoms with Crippen LogP contribution in [0.4, 0.5) is 5.82 Å². The number of hydrogen-bond acceptors (Lipinski definition) is 3. The van der Waals surface area contributed by atoms with Crippen molar-refractivity contribution >= 4 is 21.7 Å². The van der Waals surface area contributed by atoms with Crippen molar-refractivity contribution in [1.82, 2.24) is 9.97 Å². The summed E-state index contributed by atoms with van der Waals surface area (Å²) in [4.78, 5) is 9.39. The summed E-state index contributed by atoms with van der Waals surface area (Å²) in [6.45, 7) is 8.58. The van der Waals surface area contributed by atoms with Crippen LogP contribution in [0.3, 0.4) is 0 Å². The Balaban J connectivity index is 2.42. The number of rotatable bonds is 3. The molecule has 1 heterocycles. The van der Waals surface area contributed by atoms with Crippen LogP contribution in [0, 0.1) is 6.92 Å². The van der Waals surface area contributed by atoms with Crippen molar-refractivity contribution in [2.45, 2.75) is 39.5 Å². The second-order valence-electron chi connectivity index (χ2n) is 6.31. The molecule has 4 heteroatoms. The second kappa shape index (κ2) is 6.14. The summed E-state index contributed by atoms with van der Waals surface area (Å²) < 4.78 is 0.949. The third kappa shape index (κ3) is 3.82. The molecule has 0 fully saturated rings. The van der Waals surface area contributed by atoms with Gasteiger partial charge in [-0.05, 0) is 28.4 Å². The lowest BCUT2D eigenvalue weighted by molar-refractivity contribution is 0.559. The first-order chi connectivity index (χ1) is 9.81. The van der Waals surface area contributed by atoms with Gasteiger partial charge >= 0.3 is 0 Å². The van der Waals surface area contributed by atoms with E-state index in [2.05, 4.69) is 78.2 Å². The maximum Gasteiger partial charge on any atom is 0.144 e. The molecule has 0 aliphatic heterocycles. The number of aromatic nitrogens is 2. The zero-order valence-electron chi connectivity index (χ0n) is 13.3. The van der Waals surface area contributed by atoms with Crippen molar-refractivity contribution < 1.29 is 0 Å². The predicted molar refractivity (Wildman–Crippen MR) is 92.0 cm³/mol. The number of halogens is 1. The fourth-order valence-electron chi connectivity index (χ4n) is 2.12. The van der Waals surface area contributed by atoms with E-state index < -0.39 is 0 Å². The molecule has 0 aliphatic carbocycles. The molecule has 0 radical (unpaired) electrons. The molecule has 1 aromatic heterocycles. The third-order valence-electron chi connectivity index (χ3n) is 3.33. The van der Waals surface area contributed by atoms with Crippen molar-refractivity contribution in [1.29, 1.82) is 0 Å². The van der Waals surface area contributed by atoms with Gasteiger partial charge in [0.2, 0.25) is 0 Å². The number of anilines is 1. The van der Waals surface area contributed by atoms with Crippen LogP contribution in [0.1, 0.15) is 43.4 Å². The van der Waals surface area contributed by atoms with E-state index in [1.807, 2.05) is 7.05 Å². The minimum Gasteiger partial charge on any atom is -0.372 e. The first-order valence-electron chi connectivity index (χ1n) is 7.11. The zero-order valence-corrected chi connectivity index (χ0v) is 14.9. The van der Waals surface area contributed by atoms with Crippen LogP contribution >= 0.6 is 15.9 Å². The van der Waals surface area contributed by atoms with Crippen molar-refractivity contribution in [2.75, 3.05) is 12.4 Å². The molecule has 1 aromatic carbocycles. The van der Waals surface area contributed by atoms with Gasteiger partial charge in [-0.2, -0.15) is 0 Å². The Morgan fingerprint density at radius 3 is 2.24 bits per heavy atom. The first kappa shape index (κ1) is 16.0. The van der Waals surface area contributed by atoms with Crippen molar-refractivity contribution in [3.63, 3.8) is 0 Å². The third-order valence-corrected chi connectivity index (χ3v) is 4.08. The number of aryl methyl sites for hydroxylation is 1. The largest absolute Gasteiger partial charge is 0.372 e. The summed E-state index contributed by atoms with van der Waals surface area (Å²) in [6.07, 6.45) is 0.741. The smallest absolute Gasteiger partial charge is 0.144 e. The summed E-state index contributed by atoms with van der Waals surface area (Å²) in [5.74, 6) is 1.69. The topological polar surface area (TPSA) is 37.8 Å². The summed E-state index contributed by atoms with van der Waals surface area (Å²) in [5, 5.41) is 3.15. The van der Waals surface area contributed by atoms with E-state index in [9.17, 15) is 0 Å². The Hall–Kier alpha value is -1.42. The maximum atomic E-state index is 4.77. The Kier molecular flexibility index (Phi) is 4.67. The van der Waals surface area contributed by atoms with Crippen LogP contribution in [0.25, 0.3) is 0 Å². The van der Waals surface area contributed by atoms with Crippen LogP contribution in [-0.4, -0.2) is 17.0 Å². The number of benzene rings is 1. The van der Waals surface area contributed by atoms with Gasteiger partial charge in [-0.1, -0.05) is 50.6 Å². The van der Waals surface area contributed by atoms with Crippen molar-refractivity contribution in [3.05, 3.63) is 51.4 Å². The van der Waals surface area contributed by atoms with E-state index in [0.717, 1.165) is 28.2 Å². The fraction of sp³-hybridized carbons (Fsp3) is 0.412. The molecule has 112 valence electrons. The van der Waals surface area contributed by atoms with E-state index in [0.29, 0.717) is 0 Å². The van der Waals surface area contributed by atoms with Gasteiger partial charge in [0.15, 0.2) is 0 Å². The molecule has 0 bridgehead atoms. The average Bonchev–Trinajstić information content (AvgIpc) is 2.42. The van der Waals surface area contributed by atoms with Crippen LogP contribution in [-0.2, 0) is 11.8 Å². The highest BCUT2D eigenvalue weighted by Gasteiger charge is 2.22. The van der Waals surface area contributed by atoms with E-state index >= 15 is 0 Å². The number of nitrogens with zero attached hydrogens (tertiary/aromatic N) is 2. The van der Waals surface area contributed by atoms with E-state index in [4.69, 9.17) is 4.98 Å². The molecule has 0 spiro atoms. The molecule has 0 unspecified atom stereocenters. The molecule has 1 N–H and O–H groups in total. The van der Waals surface area contributed by atoms with E-state index in [1.165, 1.54) is 11.1 Å². The lowest BCUT2D eigenvalue weighted by atomic mass is 9.91. The highest BCUT2D eigenvalue weighted by molar-refractivity contribution is 9.10. The molecule has 0 amide bonds. The van der Waals surface area contributed by atoms with Crippen LogP contribution in [0.15, 0.2) is 28.7 Å². The molecule has 2 rings (SSSR count). The Labute approximate surface area is 135 Å². The van der Waals surface area contributed by atoms with Gasteiger partial charge in [0.25, 0.3) is 0 Å². The highest BCUT2D eigenvalue weighted by atomic mass is 79.9. The molecular formula is C17H22BrN3. The fourth-order valence-corrected chi connectivity index (χ4v) is 3.09. The Morgan fingerprint density at radius 2 is 1.71 bits per heavy atom.